The van der Waals surface area contributed by atoms with Gasteiger partial charge >= 0.3 is 0 Å². The highest BCUT2D eigenvalue weighted by atomic mass is 16.1. The van der Waals surface area contributed by atoms with E-state index in [0.717, 1.165) is 11.9 Å². The standard InChI is InChI=1S/C10H14O/c1-9(2)5-4-6-10(3)7-8-11/h4-8H,1-3H3/b6-4+,10-7-. The molecule has 0 aliphatic rings. The molecule has 0 radical (unpaired) electrons. The Morgan fingerprint density at radius 1 is 1.09 bits per heavy atom. The van der Waals surface area contributed by atoms with Crippen molar-refractivity contribution >= 4 is 6.29 Å². The van der Waals surface area contributed by atoms with Crippen LogP contribution in [0.2, 0.25) is 0 Å². The van der Waals surface area contributed by atoms with E-state index in [1.807, 2.05) is 39.0 Å². The molecule has 0 atom stereocenters. The van der Waals surface area contributed by atoms with E-state index in [9.17, 15) is 4.79 Å². The summed E-state index contributed by atoms with van der Waals surface area (Å²) in [6.45, 7) is 5.95. The lowest BCUT2D eigenvalue weighted by Crippen LogP contribution is -1.68. The second-order valence-electron chi connectivity index (χ2n) is 2.65. The predicted octanol–water partition coefficient (Wildman–Crippen LogP) is 2.65. The van der Waals surface area contributed by atoms with Gasteiger partial charge in [0.15, 0.2) is 0 Å². The molecule has 1 nitrogen and oxygen atoms in total. The molecule has 11 heavy (non-hydrogen) atoms. The van der Waals surface area contributed by atoms with Crippen LogP contribution >= 0.6 is 0 Å². The van der Waals surface area contributed by atoms with Crippen molar-refractivity contribution in [3.8, 4) is 0 Å². The fourth-order valence-corrected chi connectivity index (χ4v) is 0.555. The van der Waals surface area contributed by atoms with E-state index in [1.54, 1.807) is 0 Å². The number of rotatable bonds is 3. The van der Waals surface area contributed by atoms with E-state index in [1.165, 1.54) is 11.6 Å². The lowest BCUT2D eigenvalue weighted by Gasteiger charge is -1.85. The average Bonchev–Trinajstić information content (AvgIpc) is 1.87. The Kier molecular flexibility index (Phi) is 5.09. The van der Waals surface area contributed by atoms with Gasteiger partial charge in [0.2, 0.25) is 0 Å². The van der Waals surface area contributed by atoms with Gasteiger partial charge in [-0.25, -0.2) is 0 Å². The van der Waals surface area contributed by atoms with E-state index < -0.39 is 0 Å². The lowest BCUT2D eigenvalue weighted by atomic mass is 10.2. The van der Waals surface area contributed by atoms with Gasteiger partial charge in [0, 0.05) is 0 Å². The molecule has 0 aliphatic heterocycles. The maximum absolute atomic E-state index is 9.99. The van der Waals surface area contributed by atoms with Crippen molar-refractivity contribution in [1.82, 2.24) is 0 Å². The summed E-state index contributed by atoms with van der Waals surface area (Å²) in [6, 6.07) is 0. The number of hydrogen-bond donors (Lipinski definition) is 0. The summed E-state index contributed by atoms with van der Waals surface area (Å²) in [5.74, 6) is 0. The number of hydrogen-bond acceptors (Lipinski definition) is 1. The molecule has 0 N–H and O–H groups in total. The monoisotopic (exact) mass is 150 g/mol. The SMILES string of the molecule is CC(C)=C/C=C/C(C)=C\C=O. The topological polar surface area (TPSA) is 17.1 Å². The van der Waals surface area contributed by atoms with Crippen LogP contribution < -0.4 is 0 Å². The molecule has 0 rings (SSSR count). The second kappa shape index (κ2) is 5.66. The van der Waals surface area contributed by atoms with Crippen LogP contribution in [0.3, 0.4) is 0 Å². The van der Waals surface area contributed by atoms with Crippen molar-refractivity contribution in [2.45, 2.75) is 20.8 Å². The van der Waals surface area contributed by atoms with Gasteiger partial charge in [0.05, 0.1) is 0 Å². The summed E-state index contributed by atoms with van der Waals surface area (Å²) in [4.78, 5) is 9.99. The van der Waals surface area contributed by atoms with Crippen molar-refractivity contribution < 1.29 is 4.79 Å². The van der Waals surface area contributed by atoms with E-state index in [2.05, 4.69) is 0 Å². The van der Waals surface area contributed by atoms with E-state index >= 15 is 0 Å². The molecule has 0 saturated heterocycles. The molecule has 0 aliphatic carbocycles. The highest BCUT2D eigenvalue weighted by Crippen LogP contribution is 1.95. The van der Waals surface area contributed by atoms with Gasteiger partial charge < -0.3 is 0 Å². The molecule has 0 spiro atoms. The summed E-state index contributed by atoms with van der Waals surface area (Å²) in [5, 5.41) is 0. The molecule has 0 bridgehead atoms. The molecular formula is C10H14O. The van der Waals surface area contributed by atoms with Gasteiger partial charge in [-0.3, -0.25) is 4.79 Å². The van der Waals surface area contributed by atoms with Crippen LogP contribution in [0.25, 0.3) is 0 Å². The van der Waals surface area contributed by atoms with Gasteiger partial charge in [-0.1, -0.05) is 23.8 Å². The third kappa shape index (κ3) is 6.78. The van der Waals surface area contributed by atoms with Crippen molar-refractivity contribution in [1.29, 1.82) is 0 Å². The summed E-state index contributed by atoms with van der Waals surface area (Å²) < 4.78 is 0. The molecule has 0 unspecified atom stereocenters. The van der Waals surface area contributed by atoms with Gasteiger partial charge in [-0.2, -0.15) is 0 Å². The normalized spacial score (nSPS) is 11.7. The summed E-state index contributed by atoms with van der Waals surface area (Å²) in [5.41, 5.74) is 2.22. The Hall–Kier alpha value is -1.11. The minimum Gasteiger partial charge on any atom is -0.299 e. The first kappa shape index (κ1) is 9.89. The van der Waals surface area contributed by atoms with Crippen molar-refractivity contribution in [3.63, 3.8) is 0 Å². The van der Waals surface area contributed by atoms with Crippen LogP contribution in [0.5, 0.6) is 0 Å². The van der Waals surface area contributed by atoms with Crippen LogP contribution in [-0.4, -0.2) is 6.29 Å². The quantitative estimate of drug-likeness (QED) is 0.343. The molecular weight excluding hydrogens is 136 g/mol. The Bertz CT molecular complexity index is 203. The molecule has 0 saturated carbocycles. The second-order valence-corrected chi connectivity index (χ2v) is 2.65. The molecule has 60 valence electrons. The maximum atomic E-state index is 9.99. The number of carbonyl (C=O) groups excluding carboxylic acids is 1. The summed E-state index contributed by atoms with van der Waals surface area (Å²) in [7, 11) is 0. The highest BCUT2D eigenvalue weighted by molar-refractivity contribution is 5.66. The van der Waals surface area contributed by atoms with Crippen molar-refractivity contribution in [3.05, 3.63) is 35.5 Å². The van der Waals surface area contributed by atoms with Crippen molar-refractivity contribution in [2.24, 2.45) is 0 Å². The number of allylic oxidation sites excluding steroid dienone is 6. The summed E-state index contributed by atoms with van der Waals surface area (Å²) in [6.07, 6.45) is 8.17. The van der Waals surface area contributed by atoms with E-state index in [0.29, 0.717) is 0 Å². The zero-order chi connectivity index (χ0) is 8.69. The van der Waals surface area contributed by atoms with Crippen LogP contribution in [-0.2, 0) is 4.79 Å². The third-order valence-corrected chi connectivity index (χ3v) is 1.12. The molecule has 1 heteroatoms. The Balaban J connectivity index is 4.03. The van der Waals surface area contributed by atoms with Gasteiger partial charge in [-0.05, 0) is 32.4 Å². The Morgan fingerprint density at radius 2 is 1.73 bits per heavy atom. The van der Waals surface area contributed by atoms with Crippen LogP contribution in [0.4, 0.5) is 0 Å². The Labute approximate surface area is 68.1 Å². The van der Waals surface area contributed by atoms with Crippen LogP contribution in [0, 0.1) is 0 Å². The molecule has 0 aromatic rings. The van der Waals surface area contributed by atoms with Gasteiger partial charge in [-0.15, -0.1) is 0 Å². The lowest BCUT2D eigenvalue weighted by molar-refractivity contribution is -0.104. The van der Waals surface area contributed by atoms with E-state index in [-0.39, 0.29) is 0 Å². The largest absolute Gasteiger partial charge is 0.299 e. The summed E-state index contributed by atoms with van der Waals surface area (Å²) >= 11 is 0. The molecule has 0 amide bonds. The average molecular weight is 150 g/mol. The first-order valence-corrected chi connectivity index (χ1v) is 3.60. The van der Waals surface area contributed by atoms with E-state index in [4.69, 9.17) is 0 Å². The minimum atomic E-state index is 0.794. The Morgan fingerprint density at radius 3 is 2.18 bits per heavy atom. The predicted molar refractivity (Wildman–Crippen MR) is 48.4 cm³/mol. The smallest absolute Gasteiger partial charge is 0.143 e. The minimum absolute atomic E-state index is 0.794. The molecule has 0 aromatic heterocycles. The number of aldehydes is 1. The van der Waals surface area contributed by atoms with Crippen LogP contribution in [0.15, 0.2) is 35.5 Å². The zero-order valence-corrected chi connectivity index (χ0v) is 7.29. The highest BCUT2D eigenvalue weighted by Gasteiger charge is 1.77. The molecule has 0 aromatic carbocycles. The van der Waals surface area contributed by atoms with Gasteiger partial charge in [0.25, 0.3) is 0 Å². The first-order valence-electron chi connectivity index (χ1n) is 3.60. The first-order chi connectivity index (χ1) is 5.16. The zero-order valence-electron chi connectivity index (χ0n) is 7.29. The van der Waals surface area contributed by atoms with Crippen LogP contribution in [0.1, 0.15) is 20.8 Å². The maximum Gasteiger partial charge on any atom is 0.143 e. The molecule has 0 fully saturated rings. The fraction of sp³-hybridized carbons (Fsp3) is 0.300. The third-order valence-electron chi connectivity index (χ3n) is 1.12. The number of carbonyl (C=O) groups is 1. The fourth-order valence-electron chi connectivity index (χ4n) is 0.555. The van der Waals surface area contributed by atoms with Crippen molar-refractivity contribution in [2.75, 3.05) is 0 Å². The molecule has 0 heterocycles. The van der Waals surface area contributed by atoms with Gasteiger partial charge in [0.1, 0.15) is 6.29 Å².